The molecule has 176 valence electrons. The monoisotopic (exact) mass is 478 g/mol. The Labute approximate surface area is 201 Å². The van der Waals surface area contributed by atoms with Crippen molar-refractivity contribution >= 4 is 34.6 Å². The van der Waals surface area contributed by atoms with Gasteiger partial charge in [0.2, 0.25) is 5.91 Å². The van der Waals surface area contributed by atoms with Gasteiger partial charge in [-0.1, -0.05) is 27.7 Å². The van der Waals surface area contributed by atoms with E-state index in [-0.39, 0.29) is 41.6 Å². The van der Waals surface area contributed by atoms with Crippen LogP contribution >= 0.6 is 11.3 Å². The Hall–Kier alpha value is -3.40. The Kier molecular flexibility index (Phi) is 6.60. The first-order chi connectivity index (χ1) is 16.1. The number of fused-ring (bicyclic) bond motifs is 1. The van der Waals surface area contributed by atoms with Gasteiger partial charge in [-0.05, 0) is 12.5 Å². The fraction of sp³-hybridized carbons (Fsp3) is 0.417. The zero-order chi connectivity index (χ0) is 24.5. The lowest BCUT2D eigenvalue weighted by Gasteiger charge is -2.17. The number of nitrogens with zero attached hydrogens (tertiary/aromatic N) is 5. The SMILES string of the molecule is C[C@@H](CC(=O)c1ncnc2c1CCC(=O)N2)c1ncc(C(=O)Cc2ccnc(C(C)(C)C)n2)s1. The van der Waals surface area contributed by atoms with Crippen molar-refractivity contribution in [3.63, 3.8) is 0 Å². The van der Waals surface area contributed by atoms with Crippen LogP contribution in [0.4, 0.5) is 5.82 Å². The zero-order valence-electron chi connectivity index (χ0n) is 19.6. The van der Waals surface area contributed by atoms with Crippen LogP contribution in [0.2, 0.25) is 0 Å². The van der Waals surface area contributed by atoms with Crippen molar-refractivity contribution in [2.24, 2.45) is 0 Å². The van der Waals surface area contributed by atoms with Gasteiger partial charge in [0, 0.05) is 42.1 Å². The molecule has 1 amide bonds. The van der Waals surface area contributed by atoms with Crippen LogP contribution in [0.5, 0.6) is 0 Å². The van der Waals surface area contributed by atoms with E-state index in [2.05, 4.69) is 30.2 Å². The van der Waals surface area contributed by atoms with Gasteiger partial charge in [0.15, 0.2) is 11.6 Å². The van der Waals surface area contributed by atoms with Gasteiger partial charge in [0.05, 0.1) is 22.0 Å². The number of ketones is 2. The molecule has 0 aliphatic carbocycles. The minimum Gasteiger partial charge on any atom is -0.310 e. The lowest BCUT2D eigenvalue weighted by Crippen LogP contribution is -2.23. The summed E-state index contributed by atoms with van der Waals surface area (Å²) in [7, 11) is 0. The van der Waals surface area contributed by atoms with E-state index in [4.69, 9.17) is 0 Å². The van der Waals surface area contributed by atoms with Crippen LogP contribution in [-0.4, -0.2) is 42.4 Å². The smallest absolute Gasteiger partial charge is 0.225 e. The Morgan fingerprint density at radius 2 is 1.91 bits per heavy atom. The van der Waals surface area contributed by atoms with Gasteiger partial charge in [0.1, 0.15) is 23.7 Å². The largest absolute Gasteiger partial charge is 0.310 e. The van der Waals surface area contributed by atoms with E-state index in [0.29, 0.717) is 51.3 Å². The molecule has 1 aliphatic heterocycles. The van der Waals surface area contributed by atoms with E-state index in [9.17, 15) is 14.4 Å². The standard InChI is InChI=1S/C24H26N6O3S/c1-13(9-17(32)20-15-5-6-19(33)30-21(15)28-12-27-20)22-26-11-18(34-22)16(31)10-14-7-8-25-23(29-14)24(2,3)4/h7-8,11-13H,5-6,9-10H2,1-4H3,(H,27,28,30,33)/t13-/m0/s1. The molecule has 0 fully saturated rings. The second-order valence-electron chi connectivity index (χ2n) is 9.41. The number of carbonyl (C=O) groups excluding carboxylic acids is 3. The molecule has 4 heterocycles. The highest BCUT2D eigenvalue weighted by molar-refractivity contribution is 7.13. The topological polar surface area (TPSA) is 128 Å². The number of hydrogen-bond acceptors (Lipinski definition) is 9. The van der Waals surface area contributed by atoms with E-state index >= 15 is 0 Å². The van der Waals surface area contributed by atoms with Gasteiger partial charge in [-0.15, -0.1) is 11.3 Å². The summed E-state index contributed by atoms with van der Waals surface area (Å²) in [5.74, 6) is 0.594. The van der Waals surface area contributed by atoms with Crippen molar-refractivity contribution in [1.82, 2.24) is 24.9 Å². The van der Waals surface area contributed by atoms with E-state index in [1.807, 2.05) is 27.7 Å². The summed E-state index contributed by atoms with van der Waals surface area (Å²) in [5.41, 5.74) is 1.48. The summed E-state index contributed by atoms with van der Waals surface area (Å²) < 4.78 is 0. The molecule has 0 spiro atoms. The van der Waals surface area contributed by atoms with Gasteiger partial charge in [-0.2, -0.15) is 0 Å². The van der Waals surface area contributed by atoms with Gasteiger partial charge in [-0.3, -0.25) is 14.4 Å². The van der Waals surface area contributed by atoms with Crippen molar-refractivity contribution in [1.29, 1.82) is 0 Å². The maximum Gasteiger partial charge on any atom is 0.225 e. The van der Waals surface area contributed by atoms with Crippen molar-refractivity contribution in [3.05, 3.63) is 57.4 Å². The molecular weight excluding hydrogens is 452 g/mol. The van der Waals surface area contributed by atoms with E-state index < -0.39 is 0 Å². The van der Waals surface area contributed by atoms with Crippen molar-refractivity contribution in [2.75, 3.05) is 5.32 Å². The van der Waals surface area contributed by atoms with Crippen LogP contribution in [0.25, 0.3) is 0 Å². The predicted octanol–water partition coefficient (Wildman–Crippen LogP) is 3.71. The van der Waals surface area contributed by atoms with E-state index in [1.165, 1.54) is 17.7 Å². The molecule has 0 aromatic carbocycles. The zero-order valence-corrected chi connectivity index (χ0v) is 20.4. The van der Waals surface area contributed by atoms with Crippen molar-refractivity contribution in [3.8, 4) is 0 Å². The fourth-order valence-corrected chi connectivity index (χ4v) is 4.55. The van der Waals surface area contributed by atoms with Gasteiger partial charge in [-0.25, -0.2) is 24.9 Å². The normalized spacial score (nSPS) is 14.3. The van der Waals surface area contributed by atoms with Crippen LogP contribution < -0.4 is 5.32 Å². The molecule has 0 saturated heterocycles. The molecular formula is C24H26N6O3S. The summed E-state index contributed by atoms with van der Waals surface area (Å²) in [6.07, 6.45) is 5.64. The lowest BCUT2D eigenvalue weighted by molar-refractivity contribution is -0.116. The second-order valence-corrected chi connectivity index (χ2v) is 10.5. The van der Waals surface area contributed by atoms with Gasteiger partial charge in [0.25, 0.3) is 0 Å². The fourth-order valence-electron chi connectivity index (χ4n) is 3.64. The molecule has 3 aromatic rings. The van der Waals surface area contributed by atoms with Gasteiger partial charge < -0.3 is 5.32 Å². The first-order valence-electron chi connectivity index (χ1n) is 11.1. The molecule has 10 heteroatoms. The summed E-state index contributed by atoms with van der Waals surface area (Å²) in [6.45, 7) is 7.98. The Bertz CT molecular complexity index is 1260. The summed E-state index contributed by atoms with van der Waals surface area (Å²) in [5, 5.41) is 3.40. The third kappa shape index (κ3) is 5.22. The Balaban J connectivity index is 1.43. The Morgan fingerprint density at radius 3 is 2.68 bits per heavy atom. The van der Waals surface area contributed by atoms with Crippen molar-refractivity contribution < 1.29 is 14.4 Å². The maximum atomic E-state index is 13.0. The molecule has 3 aromatic heterocycles. The predicted molar refractivity (Wildman–Crippen MR) is 127 cm³/mol. The quantitative estimate of drug-likeness (QED) is 0.509. The molecule has 4 rings (SSSR count). The molecule has 1 atom stereocenters. The van der Waals surface area contributed by atoms with E-state index in [0.717, 1.165) is 0 Å². The molecule has 9 nitrogen and oxygen atoms in total. The number of carbonyl (C=O) groups is 3. The highest BCUT2D eigenvalue weighted by Crippen LogP contribution is 2.29. The van der Waals surface area contributed by atoms with Crippen LogP contribution in [-0.2, 0) is 23.1 Å². The van der Waals surface area contributed by atoms with Crippen LogP contribution in [0.1, 0.15) is 88.7 Å². The number of thiazole rings is 1. The molecule has 0 unspecified atom stereocenters. The summed E-state index contributed by atoms with van der Waals surface area (Å²) >= 11 is 1.30. The average Bonchev–Trinajstić information content (AvgIpc) is 3.29. The highest BCUT2D eigenvalue weighted by Gasteiger charge is 2.26. The first kappa shape index (κ1) is 23.7. The number of nitrogens with one attached hydrogen (secondary N) is 1. The third-order valence-corrected chi connectivity index (χ3v) is 6.78. The molecule has 1 N–H and O–H groups in total. The Morgan fingerprint density at radius 1 is 1.12 bits per heavy atom. The molecule has 1 aliphatic rings. The lowest BCUT2D eigenvalue weighted by atomic mass is 9.95. The van der Waals surface area contributed by atoms with Crippen molar-refractivity contribution in [2.45, 2.75) is 64.7 Å². The van der Waals surface area contributed by atoms with Gasteiger partial charge >= 0.3 is 0 Å². The molecule has 0 saturated carbocycles. The highest BCUT2D eigenvalue weighted by atomic mass is 32.1. The minimum absolute atomic E-state index is 0.0681. The number of anilines is 1. The molecule has 0 radical (unpaired) electrons. The number of amides is 1. The van der Waals surface area contributed by atoms with Crippen LogP contribution in [0.3, 0.4) is 0 Å². The average molecular weight is 479 g/mol. The maximum absolute atomic E-state index is 13.0. The summed E-state index contributed by atoms with van der Waals surface area (Å²) in [6, 6.07) is 1.75. The van der Waals surface area contributed by atoms with Crippen LogP contribution in [0.15, 0.2) is 24.8 Å². The minimum atomic E-state index is -0.201. The number of rotatable bonds is 7. The number of Topliss-reactive ketones (excluding diaryl/α,β-unsaturated/α-hetero) is 2. The molecule has 0 bridgehead atoms. The van der Waals surface area contributed by atoms with E-state index in [1.54, 1.807) is 18.5 Å². The molecule has 34 heavy (non-hydrogen) atoms. The second kappa shape index (κ2) is 9.46. The number of hydrogen-bond donors (Lipinski definition) is 1. The first-order valence-corrected chi connectivity index (χ1v) is 11.9. The third-order valence-electron chi connectivity index (χ3n) is 5.51. The summed E-state index contributed by atoms with van der Waals surface area (Å²) in [4.78, 5) is 59.4. The number of aromatic nitrogens is 5. The van der Waals surface area contributed by atoms with Crippen LogP contribution in [0, 0.1) is 0 Å².